The molecule has 2 N–H and O–H groups in total. The first-order chi connectivity index (χ1) is 12.0. The first-order valence-corrected chi connectivity index (χ1v) is 9.64. The Bertz CT molecular complexity index is 743. The number of thiazole rings is 1. The highest BCUT2D eigenvalue weighted by Crippen LogP contribution is 2.18. The number of anilines is 1. The maximum absolute atomic E-state index is 12.3. The van der Waals surface area contributed by atoms with Crippen LogP contribution in [0.15, 0.2) is 23.6 Å². The Morgan fingerprint density at radius 2 is 2.28 bits per heavy atom. The number of nitrogens with zero attached hydrogens (tertiary/aromatic N) is 2. The Hall–Kier alpha value is -1.76. The number of hydrogen-bond acceptors (Lipinski definition) is 5. The van der Waals surface area contributed by atoms with Crippen LogP contribution in [0.5, 0.6) is 0 Å². The third-order valence-electron chi connectivity index (χ3n) is 4.58. The van der Waals surface area contributed by atoms with Gasteiger partial charge in [-0.1, -0.05) is 12.1 Å². The van der Waals surface area contributed by atoms with Crippen molar-refractivity contribution in [2.45, 2.75) is 39.8 Å². The molecule has 0 bridgehead atoms. The number of aromatic nitrogens is 1. The average molecular weight is 359 g/mol. The fourth-order valence-electron chi connectivity index (χ4n) is 3.03. The number of aryl methyl sites for hydroxylation is 2. The van der Waals surface area contributed by atoms with Crippen molar-refractivity contribution in [3.63, 3.8) is 0 Å². The SMILES string of the molecule is Cc1ccc(C)c(NC(=O)Cc2nc(CN3CCNC[C@@H]3C)cs2)c1. The van der Waals surface area contributed by atoms with Crippen molar-refractivity contribution in [1.82, 2.24) is 15.2 Å². The second-order valence-electron chi connectivity index (χ2n) is 6.80. The van der Waals surface area contributed by atoms with Crippen molar-refractivity contribution >= 4 is 22.9 Å². The maximum atomic E-state index is 12.3. The first-order valence-electron chi connectivity index (χ1n) is 8.76. The predicted molar refractivity (Wildman–Crippen MR) is 103 cm³/mol. The van der Waals surface area contributed by atoms with E-state index in [4.69, 9.17) is 0 Å². The zero-order chi connectivity index (χ0) is 17.8. The summed E-state index contributed by atoms with van der Waals surface area (Å²) in [6.45, 7) is 10.2. The summed E-state index contributed by atoms with van der Waals surface area (Å²) in [5, 5.41) is 9.36. The number of rotatable bonds is 5. The Labute approximate surface area is 153 Å². The van der Waals surface area contributed by atoms with Gasteiger partial charge in [-0.25, -0.2) is 4.98 Å². The lowest BCUT2D eigenvalue weighted by Crippen LogP contribution is -2.49. The van der Waals surface area contributed by atoms with E-state index in [-0.39, 0.29) is 5.91 Å². The third kappa shape index (κ3) is 4.87. The molecule has 1 saturated heterocycles. The van der Waals surface area contributed by atoms with Crippen molar-refractivity contribution in [1.29, 1.82) is 0 Å². The monoisotopic (exact) mass is 358 g/mol. The number of amides is 1. The number of carbonyl (C=O) groups is 1. The predicted octanol–water partition coefficient (Wildman–Crippen LogP) is 2.73. The minimum absolute atomic E-state index is 0.00913. The molecule has 1 atom stereocenters. The van der Waals surface area contributed by atoms with Crippen LogP contribution in [0.25, 0.3) is 0 Å². The van der Waals surface area contributed by atoms with E-state index in [9.17, 15) is 4.79 Å². The third-order valence-corrected chi connectivity index (χ3v) is 5.48. The number of piperazine rings is 1. The zero-order valence-corrected chi connectivity index (χ0v) is 15.9. The number of benzene rings is 1. The van der Waals surface area contributed by atoms with Gasteiger partial charge in [0.1, 0.15) is 5.01 Å². The molecule has 0 saturated carbocycles. The van der Waals surface area contributed by atoms with Gasteiger partial charge in [-0.05, 0) is 38.0 Å². The van der Waals surface area contributed by atoms with Crippen LogP contribution < -0.4 is 10.6 Å². The highest BCUT2D eigenvalue weighted by atomic mass is 32.1. The summed E-state index contributed by atoms with van der Waals surface area (Å²) in [5.74, 6) is -0.00913. The molecule has 0 spiro atoms. The maximum Gasteiger partial charge on any atom is 0.231 e. The zero-order valence-electron chi connectivity index (χ0n) is 15.1. The smallest absolute Gasteiger partial charge is 0.231 e. The van der Waals surface area contributed by atoms with E-state index in [0.717, 1.165) is 53.7 Å². The van der Waals surface area contributed by atoms with E-state index in [2.05, 4.69) is 38.9 Å². The largest absolute Gasteiger partial charge is 0.325 e. The molecule has 25 heavy (non-hydrogen) atoms. The van der Waals surface area contributed by atoms with Gasteiger partial charge in [0.2, 0.25) is 5.91 Å². The summed E-state index contributed by atoms with van der Waals surface area (Å²) in [6.07, 6.45) is 0.329. The van der Waals surface area contributed by atoms with Crippen LogP contribution in [0.4, 0.5) is 5.69 Å². The molecule has 2 aromatic rings. The van der Waals surface area contributed by atoms with Gasteiger partial charge in [0.05, 0.1) is 12.1 Å². The molecule has 0 aliphatic carbocycles. The fourth-order valence-corrected chi connectivity index (χ4v) is 3.81. The van der Waals surface area contributed by atoms with Gasteiger partial charge in [-0.15, -0.1) is 11.3 Å². The second kappa shape index (κ2) is 8.08. The van der Waals surface area contributed by atoms with Crippen molar-refractivity contribution in [3.05, 3.63) is 45.4 Å². The second-order valence-corrected chi connectivity index (χ2v) is 7.74. The summed E-state index contributed by atoms with van der Waals surface area (Å²) in [4.78, 5) is 19.4. The van der Waals surface area contributed by atoms with Crippen LogP contribution >= 0.6 is 11.3 Å². The van der Waals surface area contributed by atoms with Gasteiger partial charge < -0.3 is 10.6 Å². The van der Waals surface area contributed by atoms with Crippen LogP contribution in [0.2, 0.25) is 0 Å². The van der Waals surface area contributed by atoms with Crippen LogP contribution in [-0.2, 0) is 17.8 Å². The van der Waals surface area contributed by atoms with Crippen molar-refractivity contribution in [3.8, 4) is 0 Å². The highest BCUT2D eigenvalue weighted by Gasteiger charge is 2.19. The fraction of sp³-hybridized carbons (Fsp3) is 0.474. The molecule has 1 fully saturated rings. The summed E-state index contributed by atoms with van der Waals surface area (Å²) in [5.41, 5.74) is 4.17. The summed E-state index contributed by atoms with van der Waals surface area (Å²) in [7, 11) is 0. The molecular formula is C19H26N4OS. The average Bonchev–Trinajstić information content (AvgIpc) is 3.00. The molecule has 0 radical (unpaired) electrons. The lowest BCUT2D eigenvalue weighted by Gasteiger charge is -2.33. The molecule has 1 aromatic carbocycles. The molecular weight excluding hydrogens is 332 g/mol. The minimum Gasteiger partial charge on any atom is -0.325 e. The van der Waals surface area contributed by atoms with Crippen molar-refractivity contribution in [2.75, 3.05) is 25.0 Å². The molecule has 1 aliphatic rings. The Morgan fingerprint density at radius 3 is 3.08 bits per heavy atom. The lowest BCUT2D eigenvalue weighted by molar-refractivity contribution is -0.115. The van der Waals surface area contributed by atoms with Crippen LogP contribution in [0.1, 0.15) is 28.8 Å². The van der Waals surface area contributed by atoms with Crippen molar-refractivity contribution < 1.29 is 4.79 Å². The molecule has 0 unspecified atom stereocenters. The van der Waals surface area contributed by atoms with Gasteiger partial charge in [0, 0.05) is 43.3 Å². The normalized spacial score (nSPS) is 18.3. The Morgan fingerprint density at radius 1 is 1.44 bits per heavy atom. The molecule has 3 rings (SSSR count). The Kier molecular flexibility index (Phi) is 5.83. The quantitative estimate of drug-likeness (QED) is 0.863. The summed E-state index contributed by atoms with van der Waals surface area (Å²) < 4.78 is 0. The molecule has 134 valence electrons. The number of nitrogens with one attached hydrogen (secondary N) is 2. The van der Waals surface area contributed by atoms with Crippen LogP contribution in [-0.4, -0.2) is 41.5 Å². The molecule has 1 amide bonds. The van der Waals surface area contributed by atoms with Gasteiger partial charge in [-0.3, -0.25) is 9.69 Å². The van der Waals surface area contributed by atoms with Gasteiger partial charge in [-0.2, -0.15) is 0 Å². The van der Waals surface area contributed by atoms with Gasteiger partial charge in [0.15, 0.2) is 0 Å². The Balaban J connectivity index is 1.57. The lowest BCUT2D eigenvalue weighted by atomic mass is 10.1. The molecule has 5 nitrogen and oxygen atoms in total. The van der Waals surface area contributed by atoms with E-state index < -0.39 is 0 Å². The van der Waals surface area contributed by atoms with Crippen LogP contribution in [0.3, 0.4) is 0 Å². The molecule has 1 aliphatic heterocycles. The molecule has 1 aromatic heterocycles. The van der Waals surface area contributed by atoms with E-state index in [1.807, 2.05) is 26.0 Å². The number of hydrogen-bond donors (Lipinski definition) is 2. The minimum atomic E-state index is -0.00913. The van der Waals surface area contributed by atoms with Crippen molar-refractivity contribution in [2.24, 2.45) is 0 Å². The first kappa shape index (κ1) is 18.0. The van der Waals surface area contributed by atoms with E-state index in [0.29, 0.717) is 12.5 Å². The topological polar surface area (TPSA) is 57.3 Å². The molecule has 2 heterocycles. The van der Waals surface area contributed by atoms with Crippen LogP contribution in [0, 0.1) is 13.8 Å². The van der Waals surface area contributed by atoms with E-state index in [1.165, 1.54) is 0 Å². The molecule has 6 heteroatoms. The highest BCUT2D eigenvalue weighted by molar-refractivity contribution is 7.09. The summed E-state index contributed by atoms with van der Waals surface area (Å²) in [6, 6.07) is 6.61. The number of carbonyl (C=O) groups excluding carboxylic acids is 1. The van der Waals surface area contributed by atoms with Gasteiger partial charge in [0.25, 0.3) is 0 Å². The summed E-state index contributed by atoms with van der Waals surface area (Å²) >= 11 is 1.57. The van der Waals surface area contributed by atoms with Gasteiger partial charge >= 0.3 is 0 Å². The standard InChI is InChI=1S/C19H26N4OS/c1-13-4-5-14(2)17(8-13)22-18(24)9-19-21-16(12-25-19)11-23-7-6-20-10-15(23)3/h4-5,8,12,15,20H,6-7,9-11H2,1-3H3,(H,22,24)/t15-/m0/s1. The van der Waals surface area contributed by atoms with E-state index in [1.54, 1.807) is 11.3 Å². The van der Waals surface area contributed by atoms with E-state index >= 15 is 0 Å².